The van der Waals surface area contributed by atoms with Crippen molar-refractivity contribution < 1.29 is 4.74 Å². The van der Waals surface area contributed by atoms with Gasteiger partial charge in [-0.05, 0) is 31.4 Å². The Kier molecular flexibility index (Phi) is 4.16. The maximum atomic E-state index is 5.57. The van der Waals surface area contributed by atoms with Crippen molar-refractivity contribution in [1.29, 1.82) is 0 Å². The third kappa shape index (κ3) is 2.93. The van der Waals surface area contributed by atoms with Gasteiger partial charge in [-0.3, -0.25) is 4.98 Å². The van der Waals surface area contributed by atoms with Gasteiger partial charge in [0.25, 0.3) is 0 Å². The fourth-order valence-corrected chi connectivity index (χ4v) is 2.81. The number of rotatable bonds is 4. The molecule has 0 spiro atoms. The molecular weight excluding hydrogens is 248 g/mol. The second-order valence-electron chi connectivity index (χ2n) is 5.49. The quantitative estimate of drug-likeness (QED) is 0.918. The Morgan fingerprint density at radius 2 is 2.25 bits per heavy atom. The molecule has 1 unspecified atom stereocenters. The average molecular weight is 270 g/mol. The van der Waals surface area contributed by atoms with E-state index >= 15 is 0 Å². The van der Waals surface area contributed by atoms with Crippen LogP contribution in [0.1, 0.15) is 31.9 Å². The van der Waals surface area contributed by atoms with Crippen molar-refractivity contribution in [1.82, 2.24) is 4.98 Å². The fourth-order valence-electron chi connectivity index (χ4n) is 2.81. The molecule has 2 aromatic rings. The van der Waals surface area contributed by atoms with Crippen LogP contribution in [0.4, 0.5) is 5.69 Å². The number of anilines is 1. The number of aryl methyl sites for hydroxylation is 1. The van der Waals surface area contributed by atoms with Gasteiger partial charge in [-0.1, -0.05) is 31.5 Å². The van der Waals surface area contributed by atoms with Crippen LogP contribution in [0.25, 0.3) is 10.9 Å². The Morgan fingerprint density at radius 1 is 1.35 bits per heavy atom. The number of aromatic nitrogens is 1. The summed E-state index contributed by atoms with van der Waals surface area (Å²) in [6, 6.07) is 11.0. The number of pyridine rings is 1. The van der Waals surface area contributed by atoms with Gasteiger partial charge in [0.1, 0.15) is 0 Å². The van der Waals surface area contributed by atoms with E-state index in [1.54, 1.807) is 0 Å². The van der Waals surface area contributed by atoms with Crippen LogP contribution in [-0.2, 0) is 11.2 Å². The Morgan fingerprint density at radius 3 is 3.05 bits per heavy atom. The number of para-hydroxylation sites is 1. The van der Waals surface area contributed by atoms with Crippen molar-refractivity contribution in [2.45, 2.75) is 38.6 Å². The normalized spacial score (nSPS) is 19.1. The van der Waals surface area contributed by atoms with Crippen LogP contribution >= 0.6 is 0 Å². The average Bonchev–Trinajstić information content (AvgIpc) is 2.49. The Balaban J connectivity index is 1.93. The maximum absolute atomic E-state index is 5.57. The SMILES string of the molecule is CCCc1cc(NC2CCCOC2)c2ccccc2n1. The molecule has 0 amide bonds. The van der Waals surface area contributed by atoms with Crippen LogP contribution in [0.5, 0.6) is 0 Å². The van der Waals surface area contributed by atoms with Gasteiger partial charge in [-0.15, -0.1) is 0 Å². The van der Waals surface area contributed by atoms with Crippen LogP contribution < -0.4 is 5.32 Å². The van der Waals surface area contributed by atoms with Crippen molar-refractivity contribution in [3.63, 3.8) is 0 Å². The second-order valence-corrected chi connectivity index (χ2v) is 5.49. The zero-order valence-electron chi connectivity index (χ0n) is 12.1. The zero-order chi connectivity index (χ0) is 13.8. The van der Waals surface area contributed by atoms with E-state index in [1.807, 2.05) is 0 Å². The standard InChI is InChI=1S/C17H22N2O/c1-2-6-13-11-17(19-14-7-5-10-20-12-14)15-8-3-4-9-16(15)18-13/h3-4,8-9,11,14H,2,5-7,10,12H2,1H3,(H,18,19). The summed E-state index contributed by atoms with van der Waals surface area (Å²) in [5.41, 5.74) is 3.46. The number of hydrogen-bond donors (Lipinski definition) is 1. The highest BCUT2D eigenvalue weighted by atomic mass is 16.5. The molecule has 1 saturated heterocycles. The van der Waals surface area contributed by atoms with Crippen molar-refractivity contribution in [2.75, 3.05) is 18.5 Å². The molecule has 3 nitrogen and oxygen atoms in total. The van der Waals surface area contributed by atoms with E-state index in [0.29, 0.717) is 6.04 Å². The molecule has 1 fully saturated rings. The second kappa shape index (κ2) is 6.23. The lowest BCUT2D eigenvalue weighted by Crippen LogP contribution is -2.30. The fraction of sp³-hybridized carbons (Fsp3) is 0.471. The molecule has 20 heavy (non-hydrogen) atoms. The van der Waals surface area contributed by atoms with Crippen molar-refractivity contribution in [2.24, 2.45) is 0 Å². The summed E-state index contributed by atoms with van der Waals surface area (Å²) in [7, 11) is 0. The minimum Gasteiger partial charge on any atom is -0.379 e. The van der Waals surface area contributed by atoms with E-state index < -0.39 is 0 Å². The third-order valence-corrected chi connectivity index (χ3v) is 3.80. The van der Waals surface area contributed by atoms with E-state index in [-0.39, 0.29) is 0 Å². The van der Waals surface area contributed by atoms with Crippen molar-refractivity contribution in [3.8, 4) is 0 Å². The largest absolute Gasteiger partial charge is 0.379 e. The Labute approximate surface area is 120 Å². The number of nitrogens with one attached hydrogen (secondary N) is 1. The lowest BCUT2D eigenvalue weighted by molar-refractivity contribution is 0.0876. The summed E-state index contributed by atoms with van der Waals surface area (Å²) in [5.74, 6) is 0. The highest BCUT2D eigenvalue weighted by Crippen LogP contribution is 2.25. The monoisotopic (exact) mass is 270 g/mol. The molecule has 3 heteroatoms. The molecule has 0 aliphatic carbocycles. The smallest absolute Gasteiger partial charge is 0.0726 e. The molecule has 1 aliphatic heterocycles. The van der Waals surface area contributed by atoms with Crippen LogP contribution in [0.3, 0.4) is 0 Å². The number of fused-ring (bicyclic) bond motifs is 1. The van der Waals surface area contributed by atoms with Crippen molar-refractivity contribution >= 4 is 16.6 Å². The molecule has 1 aromatic heterocycles. The minimum absolute atomic E-state index is 0.420. The maximum Gasteiger partial charge on any atom is 0.0726 e. The summed E-state index contributed by atoms with van der Waals surface area (Å²) in [5, 5.41) is 4.86. The van der Waals surface area contributed by atoms with Gasteiger partial charge in [0.05, 0.1) is 12.1 Å². The summed E-state index contributed by atoms with van der Waals surface area (Å²) < 4.78 is 5.57. The molecule has 1 N–H and O–H groups in total. The van der Waals surface area contributed by atoms with Crippen LogP contribution in [0, 0.1) is 0 Å². The molecule has 0 saturated carbocycles. The summed E-state index contributed by atoms with van der Waals surface area (Å²) in [6.45, 7) is 3.90. The third-order valence-electron chi connectivity index (χ3n) is 3.80. The van der Waals surface area contributed by atoms with Crippen LogP contribution in [0.2, 0.25) is 0 Å². The lowest BCUT2D eigenvalue weighted by Gasteiger charge is -2.25. The van der Waals surface area contributed by atoms with Gasteiger partial charge in [0.15, 0.2) is 0 Å². The minimum atomic E-state index is 0.420. The number of nitrogens with zero attached hydrogens (tertiary/aromatic N) is 1. The van der Waals surface area contributed by atoms with Crippen LogP contribution in [-0.4, -0.2) is 24.2 Å². The van der Waals surface area contributed by atoms with E-state index in [9.17, 15) is 0 Å². The summed E-state index contributed by atoms with van der Waals surface area (Å²) >= 11 is 0. The molecule has 0 radical (unpaired) electrons. The first kappa shape index (κ1) is 13.4. The molecule has 1 aromatic carbocycles. The molecule has 3 rings (SSSR count). The van der Waals surface area contributed by atoms with Crippen LogP contribution in [0.15, 0.2) is 30.3 Å². The van der Waals surface area contributed by atoms with Gasteiger partial charge < -0.3 is 10.1 Å². The molecule has 1 aliphatic rings. The first-order chi connectivity index (χ1) is 9.86. The number of hydrogen-bond acceptors (Lipinski definition) is 3. The zero-order valence-corrected chi connectivity index (χ0v) is 12.1. The van der Waals surface area contributed by atoms with E-state index in [0.717, 1.165) is 38.0 Å². The topological polar surface area (TPSA) is 34.1 Å². The predicted octanol–water partition coefficient (Wildman–Crippen LogP) is 3.78. The molecule has 1 atom stereocenters. The number of ether oxygens (including phenoxy) is 1. The van der Waals surface area contributed by atoms with Gasteiger partial charge in [-0.2, -0.15) is 0 Å². The molecular formula is C17H22N2O. The highest BCUT2D eigenvalue weighted by molar-refractivity contribution is 5.91. The Bertz CT molecular complexity index is 576. The lowest BCUT2D eigenvalue weighted by atomic mass is 10.1. The highest BCUT2D eigenvalue weighted by Gasteiger charge is 2.15. The van der Waals surface area contributed by atoms with Gasteiger partial charge in [0.2, 0.25) is 0 Å². The van der Waals surface area contributed by atoms with E-state index in [2.05, 4.69) is 42.6 Å². The van der Waals surface area contributed by atoms with Gasteiger partial charge in [0, 0.05) is 29.4 Å². The van der Waals surface area contributed by atoms with Crippen molar-refractivity contribution in [3.05, 3.63) is 36.0 Å². The number of benzene rings is 1. The van der Waals surface area contributed by atoms with E-state index in [4.69, 9.17) is 9.72 Å². The predicted molar refractivity (Wildman–Crippen MR) is 83.2 cm³/mol. The first-order valence-electron chi connectivity index (χ1n) is 7.60. The van der Waals surface area contributed by atoms with Gasteiger partial charge in [-0.25, -0.2) is 0 Å². The summed E-state index contributed by atoms with van der Waals surface area (Å²) in [6.07, 6.45) is 4.47. The van der Waals surface area contributed by atoms with E-state index in [1.165, 1.54) is 23.2 Å². The Hall–Kier alpha value is -1.61. The first-order valence-corrected chi connectivity index (χ1v) is 7.60. The molecule has 0 bridgehead atoms. The van der Waals surface area contributed by atoms with Gasteiger partial charge >= 0.3 is 0 Å². The molecule has 2 heterocycles. The molecule has 106 valence electrons. The summed E-state index contributed by atoms with van der Waals surface area (Å²) in [4.78, 5) is 4.75.